The van der Waals surface area contributed by atoms with E-state index in [-0.39, 0.29) is 24.9 Å². The van der Waals surface area contributed by atoms with Crippen LogP contribution in [0.1, 0.15) is 46.1 Å². The molecule has 0 unspecified atom stereocenters. The molecule has 0 spiro atoms. The SMILES string of the molecule is O=C(NCc1ccncc1)c1nnc([C@@H]2O[C@@H]3CO[C@H](c4ccccc4)O[C@@H]3[C@H](n3cc(-c4cccc(F)c4)nn3)[C@H]2O)o1. The van der Waals surface area contributed by atoms with Gasteiger partial charge in [-0.2, -0.15) is 0 Å². The quantitative estimate of drug-likeness (QED) is 0.283. The Hall–Kier alpha value is -4.89. The molecular weight excluding hydrogens is 573 g/mol. The number of hydrogen-bond acceptors (Lipinski definition) is 11. The highest BCUT2D eigenvalue weighted by molar-refractivity contribution is 5.89. The summed E-state index contributed by atoms with van der Waals surface area (Å²) in [7, 11) is 0. The largest absolute Gasteiger partial charge is 0.414 e. The van der Waals surface area contributed by atoms with Crippen LogP contribution in [0.3, 0.4) is 0 Å². The summed E-state index contributed by atoms with van der Waals surface area (Å²) in [5.41, 5.74) is 2.54. The molecule has 1 amide bonds. The predicted octanol–water partition coefficient (Wildman–Crippen LogP) is 2.95. The number of rotatable bonds is 7. The zero-order valence-electron chi connectivity index (χ0n) is 23.0. The zero-order valence-corrected chi connectivity index (χ0v) is 23.0. The third-order valence-corrected chi connectivity index (χ3v) is 7.47. The Morgan fingerprint density at radius 2 is 1.86 bits per heavy atom. The number of carbonyl (C=O) groups excluding carboxylic acids is 1. The summed E-state index contributed by atoms with van der Waals surface area (Å²) in [6, 6.07) is 18.0. The van der Waals surface area contributed by atoms with Crippen molar-refractivity contribution in [3.8, 4) is 11.3 Å². The fraction of sp³-hybridized carbons (Fsp3) is 0.267. The lowest BCUT2D eigenvalue weighted by Crippen LogP contribution is -2.56. The normalized spacial score (nSPS) is 24.9. The maximum Gasteiger partial charge on any atom is 0.309 e. The Labute approximate surface area is 249 Å². The van der Waals surface area contributed by atoms with E-state index in [2.05, 4.69) is 30.8 Å². The van der Waals surface area contributed by atoms with E-state index in [1.165, 1.54) is 16.8 Å². The number of hydrogen-bond donors (Lipinski definition) is 2. The molecule has 2 aliphatic heterocycles. The molecule has 14 heteroatoms. The second-order valence-electron chi connectivity index (χ2n) is 10.3. The number of nitrogens with zero attached hydrogens (tertiary/aromatic N) is 6. The minimum Gasteiger partial charge on any atom is -0.414 e. The number of benzene rings is 2. The van der Waals surface area contributed by atoms with Gasteiger partial charge < -0.3 is 29.1 Å². The molecule has 13 nitrogen and oxygen atoms in total. The molecule has 3 aromatic heterocycles. The molecule has 0 aliphatic carbocycles. The predicted molar refractivity (Wildman–Crippen MR) is 148 cm³/mol. The van der Waals surface area contributed by atoms with Crippen molar-refractivity contribution in [2.75, 3.05) is 6.61 Å². The minimum absolute atomic E-state index is 0.106. The minimum atomic E-state index is -1.33. The fourth-order valence-electron chi connectivity index (χ4n) is 5.30. The van der Waals surface area contributed by atoms with Crippen LogP contribution >= 0.6 is 0 Å². The molecule has 2 aliphatic rings. The van der Waals surface area contributed by atoms with Crippen molar-refractivity contribution in [1.82, 2.24) is 35.5 Å². The first kappa shape index (κ1) is 27.9. The lowest BCUT2D eigenvalue weighted by molar-refractivity contribution is -0.320. The van der Waals surface area contributed by atoms with E-state index in [9.17, 15) is 14.3 Å². The molecule has 5 aromatic rings. The van der Waals surface area contributed by atoms with Crippen LogP contribution in [0, 0.1) is 5.82 Å². The van der Waals surface area contributed by atoms with E-state index in [1.807, 2.05) is 30.3 Å². The Kier molecular flexibility index (Phi) is 7.62. The van der Waals surface area contributed by atoms with Gasteiger partial charge in [-0.25, -0.2) is 9.07 Å². The average Bonchev–Trinajstić information content (AvgIpc) is 3.75. The average molecular weight is 600 g/mol. The van der Waals surface area contributed by atoms with Gasteiger partial charge in [-0.05, 0) is 29.8 Å². The molecule has 0 bridgehead atoms. The smallest absolute Gasteiger partial charge is 0.309 e. The van der Waals surface area contributed by atoms with Gasteiger partial charge in [0.2, 0.25) is 5.89 Å². The number of pyridine rings is 1. The summed E-state index contributed by atoms with van der Waals surface area (Å²) in [5.74, 6) is -1.41. The standard InChI is InChI=1S/C30H26FN7O6/c31-20-8-4-7-19(13-20)21-15-38(37-34-21)23-24(39)26(42-22-16-41-30(43-25(22)23)18-5-2-1-3-6-18)28-35-36-29(44-28)27(40)33-14-17-9-11-32-12-10-17/h1-13,15,22-26,30,39H,14,16H2,(H,33,40)/t22-,23-,24-,25+,26-,30+/m1/s1. The van der Waals surface area contributed by atoms with Gasteiger partial charge in [0.05, 0.1) is 12.8 Å². The summed E-state index contributed by atoms with van der Waals surface area (Å²) in [6.07, 6.45) is 0.198. The number of halogens is 1. The van der Waals surface area contributed by atoms with Gasteiger partial charge >= 0.3 is 11.8 Å². The number of fused-ring (bicyclic) bond motifs is 1. The molecule has 2 aromatic carbocycles. The maximum atomic E-state index is 13.9. The van der Waals surface area contributed by atoms with Crippen LogP contribution in [0.5, 0.6) is 0 Å². The number of aromatic nitrogens is 6. The van der Waals surface area contributed by atoms with Gasteiger partial charge in [0.1, 0.15) is 35.9 Å². The molecule has 6 atom stereocenters. The third-order valence-electron chi connectivity index (χ3n) is 7.47. The first-order chi connectivity index (χ1) is 21.5. The van der Waals surface area contributed by atoms with Gasteiger partial charge in [0.25, 0.3) is 0 Å². The van der Waals surface area contributed by atoms with Gasteiger partial charge in [0.15, 0.2) is 12.4 Å². The van der Waals surface area contributed by atoms with Crippen molar-refractivity contribution in [2.45, 2.75) is 43.3 Å². The van der Waals surface area contributed by atoms with E-state index in [4.69, 9.17) is 18.6 Å². The van der Waals surface area contributed by atoms with E-state index in [1.54, 1.807) is 42.9 Å². The molecule has 2 saturated heterocycles. The first-order valence-electron chi connectivity index (χ1n) is 13.9. The highest BCUT2D eigenvalue weighted by atomic mass is 19.1. The van der Waals surface area contributed by atoms with Gasteiger partial charge in [-0.15, -0.1) is 15.3 Å². The van der Waals surface area contributed by atoms with E-state index in [0.717, 1.165) is 11.1 Å². The summed E-state index contributed by atoms with van der Waals surface area (Å²) in [6.45, 7) is 0.341. The van der Waals surface area contributed by atoms with Crippen molar-refractivity contribution in [2.24, 2.45) is 0 Å². The molecule has 0 saturated carbocycles. The molecular formula is C30H26FN7O6. The van der Waals surface area contributed by atoms with Crippen molar-refractivity contribution < 1.29 is 32.9 Å². The first-order valence-corrected chi connectivity index (χ1v) is 13.9. The van der Waals surface area contributed by atoms with Crippen molar-refractivity contribution in [3.63, 3.8) is 0 Å². The lowest BCUT2D eigenvalue weighted by atomic mass is 9.91. The number of aliphatic hydroxyl groups is 1. The molecule has 7 rings (SSSR count). The number of aliphatic hydroxyl groups excluding tert-OH is 1. The third kappa shape index (κ3) is 5.58. The van der Waals surface area contributed by atoms with Crippen molar-refractivity contribution in [1.29, 1.82) is 0 Å². The molecule has 44 heavy (non-hydrogen) atoms. The van der Waals surface area contributed by atoms with Crippen LogP contribution in [0.4, 0.5) is 4.39 Å². The second-order valence-corrected chi connectivity index (χ2v) is 10.3. The van der Waals surface area contributed by atoms with E-state index >= 15 is 0 Å². The zero-order chi connectivity index (χ0) is 30.0. The summed E-state index contributed by atoms with van der Waals surface area (Å²) in [4.78, 5) is 16.7. The van der Waals surface area contributed by atoms with Crippen LogP contribution < -0.4 is 5.32 Å². The molecule has 224 valence electrons. The summed E-state index contributed by atoms with van der Waals surface area (Å²) >= 11 is 0. The van der Waals surface area contributed by atoms with E-state index in [0.29, 0.717) is 11.3 Å². The van der Waals surface area contributed by atoms with E-state index < -0.39 is 48.5 Å². The second kappa shape index (κ2) is 12.0. The monoisotopic (exact) mass is 599 g/mol. The van der Waals surface area contributed by atoms with Crippen LogP contribution in [-0.2, 0) is 20.8 Å². The van der Waals surface area contributed by atoms with Crippen LogP contribution in [0.25, 0.3) is 11.3 Å². The number of ether oxygens (including phenoxy) is 3. The molecule has 2 fully saturated rings. The van der Waals surface area contributed by atoms with Gasteiger partial charge in [-0.1, -0.05) is 47.7 Å². The number of amides is 1. The molecule has 5 heterocycles. The molecule has 0 radical (unpaired) electrons. The Bertz CT molecular complexity index is 1740. The van der Waals surface area contributed by atoms with Crippen LogP contribution in [-0.4, -0.2) is 66.1 Å². The van der Waals surface area contributed by atoms with Crippen LogP contribution in [0.2, 0.25) is 0 Å². The lowest BCUT2D eigenvalue weighted by Gasteiger charge is -2.47. The van der Waals surface area contributed by atoms with Crippen molar-refractivity contribution in [3.05, 3.63) is 114 Å². The van der Waals surface area contributed by atoms with Gasteiger partial charge in [0, 0.05) is 30.1 Å². The maximum absolute atomic E-state index is 13.9. The van der Waals surface area contributed by atoms with Crippen molar-refractivity contribution >= 4 is 5.91 Å². The summed E-state index contributed by atoms with van der Waals surface area (Å²) < 4.78 is 39.6. The summed E-state index contributed by atoms with van der Waals surface area (Å²) in [5, 5.41) is 30.8. The number of nitrogens with one attached hydrogen (secondary N) is 1. The van der Waals surface area contributed by atoms with Gasteiger partial charge in [-0.3, -0.25) is 9.78 Å². The Morgan fingerprint density at radius 3 is 2.68 bits per heavy atom. The van der Waals surface area contributed by atoms with Crippen LogP contribution in [0.15, 0.2) is 89.7 Å². The fourth-order valence-corrected chi connectivity index (χ4v) is 5.30. The Morgan fingerprint density at radius 1 is 1.02 bits per heavy atom. The number of carbonyl (C=O) groups is 1. The topological polar surface area (TPSA) is 160 Å². The highest BCUT2D eigenvalue weighted by Gasteiger charge is 2.52. The molecule has 2 N–H and O–H groups in total. The highest BCUT2D eigenvalue weighted by Crippen LogP contribution is 2.43. The Balaban J connectivity index is 1.17.